The standard InChI is InChI=1S/C28H32ClFN4O4/c1-38-16-22-14-33-12-19(24-10-27(31-11-25(24)29)32-21-4-6-23(36)7-5-21)9-26(33)28(37)34(22)13-18-8-20(30)3-2-17(18)15-35/h2-3,8-12,21-23,35-36H,4-7,13-16H2,1H3,(H,31,32)/t21-,22-,23-/m1/s1. The fraction of sp³-hybridized carbons (Fsp3) is 0.429. The van der Waals surface area contributed by atoms with Crippen molar-refractivity contribution in [1.82, 2.24) is 14.5 Å². The molecule has 0 unspecified atom stereocenters. The van der Waals surface area contributed by atoms with Crippen LogP contribution in [0.1, 0.15) is 47.3 Å². The van der Waals surface area contributed by atoms with Gasteiger partial charge in [-0.3, -0.25) is 4.79 Å². The lowest BCUT2D eigenvalue weighted by Gasteiger charge is -2.36. The van der Waals surface area contributed by atoms with Gasteiger partial charge in [0.25, 0.3) is 5.91 Å². The van der Waals surface area contributed by atoms with Crippen LogP contribution in [0.15, 0.2) is 42.7 Å². The Hall–Kier alpha value is -2.98. The van der Waals surface area contributed by atoms with Crippen LogP contribution in [0.4, 0.5) is 10.2 Å². The first kappa shape index (κ1) is 26.6. The van der Waals surface area contributed by atoms with Crippen molar-refractivity contribution in [2.24, 2.45) is 0 Å². The maximum atomic E-state index is 14.0. The van der Waals surface area contributed by atoms with Crippen LogP contribution in [0.25, 0.3) is 11.1 Å². The lowest BCUT2D eigenvalue weighted by atomic mass is 9.93. The van der Waals surface area contributed by atoms with Gasteiger partial charge in [-0.2, -0.15) is 0 Å². The summed E-state index contributed by atoms with van der Waals surface area (Å²) in [5.74, 6) is 0.0709. The molecule has 1 saturated carbocycles. The number of benzene rings is 1. The number of aromatic nitrogens is 2. The third-order valence-corrected chi connectivity index (χ3v) is 7.78. The number of methoxy groups -OCH3 is 1. The monoisotopic (exact) mass is 542 g/mol. The van der Waals surface area contributed by atoms with Crippen LogP contribution in [0.3, 0.4) is 0 Å². The molecule has 2 aromatic heterocycles. The van der Waals surface area contributed by atoms with Crippen molar-refractivity contribution in [3.63, 3.8) is 0 Å². The lowest BCUT2D eigenvalue weighted by molar-refractivity contribution is 0.0386. The summed E-state index contributed by atoms with van der Waals surface area (Å²) in [4.78, 5) is 19.8. The molecule has 0 spiro atoms. The van der Waals surface area contributed by atoms with Gasteiger partial charge in [0.05, 0.1) is 30.4 Å². The third kappa shape index (κ3) is 5.56. The van der Waals surface area contributed by atoms with Crippen molar-refractivity contribution >= 4 is 23.3 Å². The van der Waals surface area contributed by atoms with E-state index in [-0.39, 0.29) is 37.2 Å². The average Bonchev–Trinajstić information content (AvgIpc) is 3.33. The van der Waals surface area contributed by atoms with E-state index in [1.165, 1.54) is 18.2 Å². The molecule has 202 valence electrons. The summed E-state index contributed by atoms with van der Waals surface area (Å²) in [6, 6.07) is 7.87. The summed E-state index contributed by atoms with van der Waals surface area (Å²) in [7, 11) is 1.58. The maximum Gasteiger partial charge on any atom is 0.271 e. The number of carbonyl (C=O) groups is 1. The Bertz CT molecular complexity index is 1310. The van der Waals surface area contributed by atoms with E-state index in [1.807, 2.05) is 22.9 Å². The van der Waals surface area contributed by atoms with Crippen LogP contribution in [-0.2, 0) is 24.4 Å². The molecule has 5 rings (SSSR count). The Morgan fingerprint density at radius 3 is 2.71 bits per heavy atom. The Kier molecular flexibility index (Phi) is 7.99. The predicted molar refractivity (Wildman–Crippen MR) is 142 cm³/mol. The lowest BCUT2D eigenvalue weighted by Crippen LogP contribution is -2.49. The number of nitrogens with zero attached hydrogens (tertiary/aromatic N) is 3. The molecule has 3 aromatic rings. The van der Waals surface area contributed by atoms with Gasteiger partial charge in [-0.15, -0.1) is 0 Å². The first-order chi connectivity index (χ1) is 18.4. The van der Waals surface area contributed by atoms with Gasteiger partial charge in [-0.1, -0.05) is 17.7 Å². The quantitative estimate of drug-likeness (QED) is 0.394. The van der Waals surface area contributed by atoms with Gasteiger partial charge in [-0.25, -0.2) is 9.37 Å². The molecule has 1 atom stereocenters. The van der Waals surface area contributed by atoms with Crippen molar-refractivity contribution in [1.29, 1.82) is 0 Å². The zero-order chi connectivity index (χ0) is 26.8. The molecule has 0 bridgehead atoms. The number of rotatable bonds is 8. The van der Waals surface area contributed by atoms with Gasteiger partial charge in [0.15, 0.2) is 0 Å². The molecule has 0 radical (unpaired) electrons. The zero-order valence-corrected chi connectivity index (χ0v) is 22.0. The Labute approximate surface area is 226 Å². The van der Waals surface area contributed by atoms with Crippen LogP contribution >= 0.6 is 11.6 Å². The fourth-order valence-corrected chi connectivity index (χ4v) is 5.62. The number of ether oxygens (including phenoxy) is 1. The molecule has 8 nitrogen and oxygen atoms in total. The fourth-order valence-electron chi connectivity index (χ4n) is 5.41. The van der Waals surface area contributed by atoms with E-state index in [4.69, 9.17) is 16.3 Å². The number of halogens is 2. The van der Waals surface area contributed by atoms with E-state index in [1.54, 1.807) is 18.2 Å². The largest absolute Gasteiger partial charge is 0.393 e. The SMILES string of the molecule is COC[C@H]1Cn2cc(-c3cc(N[C@H]4CC[C@H](O)CC4)ncc3Cl)cc2C(=O)N1Cc1cc(F)ccc1CO. The smallest absolute Gasteiger partial charge is 0.271 e. The summed E-state index contributed by atoms with van der Waals surface area (Å²) in [6.07, 6.45) is 6.56. The van der Waals surface area contributed by atoms with Gasteiger partial charge >= 0.3 is 0 Å². The van der Waals surface area contributed by atoms with Crippen LogP contribution in [0.5, 0.6) is 0 Å². The molecule has 10 heteroatoms. The van der Waals surface area contributed by atoms with Gasteiger partial charge < -0.3 is 29.7 Å². The average molecular weight is 543 g/mol. The normalized spacial score (nSPS) is 21.4. The summed E-state index contributed by atoms with van der Waals surface area (Å²) in [5, 5.41) is 23.4. The van der Waals surface area contributed by atoms with Crippen LogP contribution < -0.4 is 5.32 Å². The van der Waals surface area contributed by atoms with E-state index in [2.05, 4.69) is 10.3 Å². The Morgan fingerprint density at radius 1 is 1.18 bits per heavy atom. The van der Waals surface area contributed by atoms with Gasteiger partial charge in [0.1, 0.15) is 17.3 Å². The highest BCUT2D eigenvalue weighted by Crippen LogP contribution is 2.34. The molecule has 2 aliphatic rings. The molecule has 1 amide bonds. The minimum atomic E-state index is -0.420. The molecule has 1 aromatic carbocycles. The van der Waals surface area contributed by atoms with Crippen LogP contribution in [-0.4, -0.2) is 62.5 Å². The number of carbonyl (C=O) groups excluding carboxylic acids is 1. The van der Waals surface area contributed by atoms with Crippen molar-refractivity contribution < 1.29 is 24.1 Å². The number of hydrogen-bond donors (Lipinski definition) is 3. The second-order valence-corrected chi connectivity index (χ2v) is 10.5. The molecule has 38 heavy (non-hydrogen) atoms. The summed E-state index contributed by atoms with van der Waals surface area (Å²) in [5.41, 5.74) is 3.19. The van der Waals surface area contributed by atoms with E-state index in [9.17, 15) is 19.4 Å². The molecule has 1 aliphatic heterocycles. The summed E-state index contributed by atoms with van der Waals surface area (Å²) < 4.78 is 21.3. The topological polar surface area (TPSA) is 99.8 Å². The molecule has 0 saturated heterocycles. The number of aliphatic hydroxyl groups excluding tert-OH is 2. The first-order valence-electron chi connectivity index (χ1n) is 12.8. The van der Waals surface area contributed by atoms with Gasteiger partial charge in [-0.05, 0) is 61.1 Å². The second-order valence-electron chi connectivity index (χ2n) is 10.1. The van der Waals surface area contributed by atoms with Crippen molar-refractivity contribution in [2.75, 3.05) is 19.0 Å². The van der Waals surface area contributed by atoms with Crippen molar-refractivity contribution in [2.45, 2.75) is 63.6 Å². The van der Waals surface area contributed by atoms with E-state index in [0.717, 1.165) is 36.8 Å². The first-order valence-corrected chi connectivity index (χ1v) is 13.2. The second kappa shape index (κ2) is 11.4. The molecule has 1 fully saturated rings. The highest BCUT2D eigenvalue weighted by atomic mass is 35.5. The maximum absolute atomic E-state index is 14.0. The molecule has 3 heterocycles. The van der Waals surface area contributed by atoms with E-state index >= 15 is 0 Å². The number of fused-ring (bicyclic) bond motifs is 1. The van der Waals surface area contributed by atoms with Crippen LogP contribution in [0.2, 0.25) is 5.02 Å². The van der Waals surface area contributed by atoms with Crippen molar-refractivity contribution in [3.05, 3.63) is 70.4 Å². The highest BCUT2D eigenvalue weighted by Gasteiger charge is 2.34. The Morgan fingerprint density at radius 2 is 1.97 bits per heavy atom. The molecule has 3 N–H and O–H groups in total. The number of aliphatic hydroxyl groups is 2. The highest BCUT2D eigenvalue weighted by molar-refractivity contribution is 6.33. The third-order valence-electron chi connectivity index (χ3n) is 7.48. The summed E-state index contributed by atoms with van der Waals surface area (Å²) in [6.45, 7) is 0.714. The van der Waals surface area contributed by atoms with Gasteiger partial charge in [0, 0.05) is 49.8 Å². The van der Waals surface area contributed by atoms with Crippen molar-refractivity contribution in [3.8, 4) is 11.1 Å². The van der Waals surface area contributed by atoms with E-state index in [0.29, 0.717) is 40.8 Å². The Balaban J connectivity index is 1.42. The molecular formula is C28H32ClFN4O4. The number of amides is 1. The zero-order valence-electron chi connectivity index (χ0n) is 21.2. The van der Waals surface area contributed by atoms with E-state index < -0.39 is 5.82 Å². The number of pyridine rings is 1. The predicted octanol–water partition coefficient (Wildman–Crippen LogP) is 4.22. The summed E-state index contributed by atoms with van der Waals surface area (Å²) >= 11 is 6.55. The number of hydrogen-bond acceptors (Lipinski definition) is 6. The minimum absolute atomic E-state index is 0.154. The van der Waals surface area contributed by atoms with Gasteiger partial charge in [0.2, 0.25) is 0 Å². The minimum Gasteiger partial charge on any atom is -0.393 e. The van der Waals surface area contributed by atoms with Crippen LogP contribution in [0, 0.1) is 5.82 Å². The number of anilines is 1. The molecular weight excluding hydrogens is 511 g/mol. The molecule has 1 aliphatic carbocycles. The number of nitrogens with one attached hydrogen (secondary N) is 1.